The number of halogens is 2. The maximum atomic E-state index is 12.7. The molecule has 10 heteroatoms. The summed E-state index contributed by atoms with van der Waals surface area (Å²) in [6, 6.07) is 6.84. The van der Waals surface area contributed by atoms with Gasteiger partial charge in [0, 0.05) is 22.6 Å². The van der Waals surface area contributed by atoms with Gasteiger partial charge >= 0.3 is 0 Å². The second-order valence-corrected chi connectivity index (χ2v) is 7.18. The topological polar surface area (TPSA) is 95.9 Å². The van der Waals surface area contributed by atoms with E-state index >= 15 is 0 Å². The number of benzene rings is 1. The van der Waals surface area contributed by atoms with Crippen molar-refractivity contribution in [2.75, 3.05) is 5.32 Å². The maximum Gasteiger partial charge on any atom is 0.258 e. The third kappa shape index (κ3) is 3.37. The number of hydrogen-bond acceptors (Lipinski definition) is 6. The van der Waals surface area contributed by atoms with Gasteiger partial charge in [-0.1, -0.05) is 23.2 Å². The van der Waals surface area contributed by atoms with Crippen LogP contribution in [0.15, 0.2) is 41.9 Å². The number of carbonyl (C=O) groups excluding carboxylic acids is 1. The van der Waals surface area contributed by atoms with Gasteiger partial charge in [-0.3, -0.25) is 4.79 Å². The number of anilines is 1. The Balaban J connectivity index is 1.67. The molecule has 8 nitrogen and oxygen atoms in total. The van der Waals surface area contributed by atoms with E-state index in [1.807, 2.05) is 13.8 Å². The zero-order chi connectivity index (χ0) is 19.8. The zero-order valence-electron chi connectivity index (χ0n) is 15.1. The number of pyridine rings is 1. The first-order valence-electron chi connectivity index (χ1n) is 8.49. The first-order chi connectivity index (χ1) is 13.4. The van der Waals surface area contributed by atoms with Gasteiger partial charge in [0.2, 0.25) is 0 Å². The zero-order valence-corrected chi connectivity index (χ0v) is 16.6. The molecule has 0 saturated heterocycles. The van der Waals surface area contributed by atoms with Crippen molar-refractivity contribution in [1.82, 2.24) is 31.2 Å². The Morgan fingerprint density at radius 1 is 1.18 bits per heavy atom. The minimum absolute atomic E-state index is 0.282. The molecule has 0 bridgehead atoms. The minimum atomic E-state index is -0.349. The summed E-state index contributed by atoms with van der Waals surface area (Å²) in [5.74, 6) is -0.349. The first-order valence-corrected chi connectivity index (χ1v) is 9.25. The van der Waals surface area contributed by atoms with Crippen LogP contribution in [0, 0.1) is 6.92 Å². The molecule has 0 radical (unpaired) electrons. The Morgan fingerprint density at radius 2 is 1.93 bits per heavy atom. The number of amides is 1. The van der Waals surface area contributed by atoms with Crippen molar-refractivity contribution in [2.24, 2.45) is 0 Å². The van der Waals surface area contributed by atoms with Crippen LogP contribution in [0.2, 0.25) is 10.0 Å². The number of allylic oxidation sites excluding steroid dienone is 2. The highest BCUT2D eigenvalue weighted by molar-refractivity contribution is 6.39. The van der Waals surface area contributed by atoms with Crippen molar-refractivity contribution < 1.29 is 4.79 Å². The number of carbonyl (C=O) groups is 1. The van der Waals surface area contributed by atoms with Gasteiger partial charge in [0.1, 0.15) is 0 Å². The number of fused-ring (bicyclic) bond motifs is 1. The van der Waals surface area contributed by atoms with Crippen LogP contribution >= 0.6 is 23.2 Å². The predicted molar refractivity (Wildman–Crippen MR) is 109 cm³/mol. The molecule has 4 N–H and O–H groups in total. The molecular formula is C18H17Cl2N7O. The summed E-state index contributed by atoms with van der Waals surface area (Å²) >= 11 is 12.4. The molecule has 28 heavy (non-hydrogen) atoms. The Morgan fingerprint density at radius 3 is 2.61 bits per heavy atom. The first kappa shape index (κ1) is 18.5. The van der Waals surface area contributed by atoms with Crippen LogP contribution < -0.4 is 21.7 Å². The second-order valence-electron chi connectivity index (χ2n) is 6.37. The molecular weight excluding hydrogens is 401 g/mol. The molecule has 0 saturated carbocycles. The number of rotatable bonds is 4. The Labute approximate surface area is 170 Å². The highest BCUT2D eigenvalue weighted by atomic mass is 35.5. The molecule has 1 aromatic carbocycles. The van der Waals surface area contributed by atoms with E-state index in [0.717, 1.165) is 11.4 Å². The molecule has 2 aromatic heterocycles. The third-order valence-corrected chi connectivity index (χ3v) is 5.09. The molecule has 3 heterocycles. The van der Waals surface area contributed by atoms with Crippen LogP contribution in [0.3, 0.4) is 0 Å². The van der Waals surface area contributed by atoms with E-state index in [1.165, 1.54) is 6.20 Å². The molecule has 0 aliphatic carbocycles. The third-order valence-electron chi connectivity index (χ3n) is 4.44. The van der Waals surface area contributed by atoms with Crippen molar-refractivity contribution in [1.29, 1.82) is 0 Å². The monoisotopic (exact) mass is 417 g/mol. The fraction of sp³-hybridized carbons (Fsp3) is 0.167. The highest BCUT2D eigenvalue weighted by Crippen LogP contribution is 2.29. The number of hydrogen-bond donors (Lipinski definition) is 4. The summed E-state index contributed by atoms with van der Waals surface area (Å²) in [5.41, 5.74) is 13.0. The Hall–Kier alpha value is -2.81. The van der Waals surface area contributed by atoms with E-state index in [0.29, 0.717) is 39.0 Å². The molecule has 1 aliphatic rings. The van der Waals surface area contributed by atoms with Gasteiger partial charge in [-0.15, -0.1) is 0 Å². The van der Waals surface area contributed by atoms with Gasteiger partial charge < -0.3 is 16.2 Å². The Kier molecular flexibility index (Phi) is 4.84. The smallest absolute Gasteiger partial charge is 0.258 e. The highest BCUT2D eigenvalue weighted by Gasteiger charge is 2.21. The van der Waals surface area contributed by atoms with Crippen LogP contribution in [0.1, 0.15) is 23.0 Å². The average molecular weight is 418 g/mol. The largest absolute Gasteiger partial charge is 0.322 e. The standard InChI is InChI=1S/C18H17Cl2N7O/c1-9-14(24-26-23-9)8-27-17-15(10(2)25-27)16(20)13(7-21-17)18(28)22-12-5-3-11(19)4-6-12/h3-7,23-24,26H,8H2,1-2H3,(H,22,28). The van der Waals surface area contributed by atoms with Gasteiger partial charge in [-0.05, 0) is 38.1 Å². The number of aromatic nitrogens is 3. The van der Waals surface area contributed by atoms with Gasteiger partial charge in [0.15, 0.2) is 5.65 Å². The average Bonchev–Trinajstić information content (AvgIpc) is 3.21. The summed E-state index contributed by atoms with van der Waals surface area (Å²) in [6.07, 6.45) is 1.47. The molecule has 144 valence electrons. The lowest BCUT2D eigenvalue weighted by Gasteiger charge is -2.08. The van der Waals surface area contributed by atoms with Crippen molar-refractivity contribution >= 4 is 45.8 Å². The van der Waals surface area contributed by atoms with E-state index < -0.39 is 0 Å². The molecule has 4 rings (SSSR count). The van der Waals surface area contributed by atoms with E-state index in [4.69, 9.17) is 23.2 Å². The van der Waals surface area contributed by atoms with Crippen LogP contribution in [0.25, 0.3) is 11.0 Å². The van der Waals surface area contributed by atoms with Gasteiger partial charge in [0.05, 0.1) is 33.9 Å². The number of aryl methyl sites for hydroxylation is 1. The van der Waals surface area contributed by atoms with Gasteiger partial charge in [-0.25, -0.2) is 9.67 Å². The van der Waals surface area contributed by atoms with Crippen molar-refractivity contribution in [3.05, 3.63) is 63.2 Å². The quantitative estimate of drug-likeness (QED) is 0.520. The lowest BCUT2D eigenvalue weighted by molar-refractivity contribution is 0.102. The maximum absolute atomic E-state index is 12.7. The molecule has 0 spiro atoms. The van der Waals surface area contributed by atoms with E-state index in [9.17, 15) is 4.79 Å². The van der Waals surface area contributed by atoms with Crippen molar-refractivity contribution in [2.45, 2.75) is 20.4 Å². The summed E-state index contributed by atoms with van der Waals surface area (Å²) in [4.78, 5) is 17.1. The SMILES string of the molecule is CC1=C(Cn2nc(C)c3c(Cl)c(C(=O)Nc4ccc(Cl)cc4)cnc32)NNN1. The van der Waals surface area contributed by atoms with E-state index in [-0.39, 0.29) is 11.5 Å². The number of nitrogens with zero attached hydrogens (tertiary/aromatic N) is 3. The fourth-order valence-corrected chi connectivity index (χ4v) is 3.43. The number of nitrogens with one attached hydrogen (secondary N) is 4. The van der Waals surface area contributed by atoms with Crippen LogP contribution in [0.4, 0.5) is 5.69 Å². The molecule has 0 fully saturated rings. The van der Waals surface area contributed by atoms with E-state index in [1.54, 1.807) is 28.9 Å². The summed E-state index contributed by atoms with van der Waals surface area (Å²) in [5, 5.41) is 8.90. The number of hydrazine groups is 2. The summed E-state index contributed by atoms with van der Waals surface area (Å²) < 4.78 is 1.75. The molecule has 0 unspecified atom stereocenters. The van der Waals surface area contributed by atoms with Gasteiger partial charge in [-0.2, -0.15) is 10.6 Å². The Bertz CT molecular complexity index is 1110. The molecule has 1 amide bonds. The van der Waals surface area contributed by atoms with Gasteiger partial charge in [0.25, 0.3) is 5.91 Å². The normalized spacial score (nSPS) is 13.6. The molecule has 1 aliphatic heterocycles. The lowest BCUT2D eigenvalue weighted by atomic mass is 10.2. The minimum Gasteiger partial charge on any atom is -0.322 e. The van der Waals surface area contributed by atoms with Crippen LogP contribution in [0.5, 0.6) is 0 Å². The molecule has 0 atom stereocenters. The van der Waals surface area contributed by atoms with E-state index in [2.05, 4.69) is 31.8 Å². The fourth-order valence-electron chi connectivity index (χ4n) is 2.95. The summed E-state index contributed by atoms with van der Waals surface area (Å²) in [6.45, 7) is 4.27. The predicted octanol–water partition coefficient (Wildman–Crippen LogP) is 3.14. The second kappa shape index (κ2) is 7.31. The molecule has 3 aromatic rings. The summed E-state index contributed by atoms with van der Waals surface area (Å²) in [7, 11) is 0. The van der Waals surface area contributed by atoms with Crippen LogP contribution in [-0.4, -0.2) is 20.7 Å². The van der Waals surface area contributed by atoms with Crippen molar-refractivity contribution in [3.63, 3.8) is 0 Å². The van der Waals surface area contributed by atoms with Crippen molar-refractivity contribution in [3.8, 4) is 0 Å². The van der Waals surface area contributed by atoms with Crippen LogP contribution in [-0.2, 0) is 6.54 Å². The lowest BCUT2D eigenvalue weighted by Crippen LogP contribution is -2.33.